The first-order chi connectivity index (χ1) is 9.84. The Balaban J connectivity index is 2.01. The summed E-state index contributed by atoms with van der Waals surface area (Å²) in [6.07, 6.45) is 0.994. The highest BCUT2D eigenvalue weighted by molar-refractivity contribution is 6.00. The van der Waals surface area contributed by atoms with Crippen LogP contribution >= 0.6 is 0 Å². The number of fused-ring (bicyclic) bond motifs is 3. The largest absolute Gasteiger partial charge is 0.312 e. The van der Waals surface area contributed by atoms with Crippen LogP contribution in [0.3, 0.4) is 0 Å². The zero-order valence-electron chi connectivity index (χ0n) is 11.2. The highest BCUT2D eigenvalue weighted by atomic mass is 16.2. The summed E-state index contributed by atoms with van der Waals surface area (Å²) in [6, 6.07) is 18.2. The molecule has 1 fully saturated rings. The van der Waals surface area contributed by atoms with Crippen molar-refractivity contribution in [1.82, 2.24) is 10.2 Å². The van der Waals surface area contributed by atoms with Gasteiger partial charge in [-0.1, -0.05) is 48.5 Å². The van der Waals surface area contributed by atoms with Crippen LogP contribution in [0.1, 0.15) is 27.9 Å². The summed E-state index contributed by atoms with van der Waals surface area (Å²) < 4.78 is 0. The summed E-state index contributed by atoms with van der Waals surface area (Å²) >= 11 is 0. The van der Waals surface area contributed by atoms with Gasteiger partial charge in [-0.05, 0) is 24.6 Å². The van der Waals surface area contributed by atoms with Crippen LogP contribution in [0.25, 0.3) is 0 Å². The molecule has 0 aromatic heterocycles. The van der Waals surface area contributed by atoms with E-state index in [1.54, 1.807) is 0 Å². The number of nitrogens with one attached hydrogen (secondary N) is 1. The number of nitrogens with zero attached hydrogens (tertiary/aromatic N) is 1. The molecule has 2 aliphatic heterocycles. The van der Waals surface area contributed by atoms with Crippen molar-refractivity contribution in [3.05, 3.63) is 71.3 Å². The van der Waals surface area contributed by atoms with Crippen LogP contribution in [0, 0.1) is 0 Å². The van der Waals surface area contributed by atoms with E-state index in [0.29, 0.717) is 0 Å². The number of benzene rings is 2. The van der Waals surface area contributed by atoms with Gasteiger partial charge in [0, 0.05) is 17.7 Å². The van der Waals surface area contributed by atoms with Gasteiger partial charge in [-0.15, -0.1) is 0 Å². The molecule has 0 saturated carbocycles. The lowest BCUT2D eigenvalue weighted by Gasteiger charge is -2.44. The summed E-state index contributed by atoms with van der Waals surface area (Å²) in [4.78, 5) is 14.7. The third-order valence-corrected chi connectivity index (χ3v) is 4.33. The molecule has 2 aromatic rings. The molecule has 3 nitrogen and oxygen atoms in total. The van der Waals surface area contributed by atoms with E-state index in [0.717, 1.165) is 36.2 Å². The molecule has 0 unspecified atom stereocenters. The minimum atomic E-state index is -0.479. The van der Waals surface area contributed by atoms with Crippen LogP contribution in [-0.2, 0) is 5.66 Å². The van der Waals surface area contributed by atoms with Crippen molar-refractivity contribution in [2.45, 2.75) is 12.1 Å². The molecule has 2 aromatic carbocycles. The number of amides is 1. The van der Waals surface area contributed by atoms with Gasteiger partial charge >= 0.3 is 0 Å². The van der Waals surface area contributed by atoms with Crippen molar-refractivity contribution in [3.8, 4) is 0 Å². The van der Waals surface area contributed by atoms with Crippen LogP contribution in [-0.4, -0.2) is 23.9 Å². The fraction of sp³-hybridized carbons (Fsp3) is 0.235. The van der Waals surface area contributed by atoms with Crippen molar-refractivity contribution in [1.29, 1.82) is 0 Å². The van der Waals surface area contributed by atoms with E-state index >= 15 is 0 Å². The fourth-order valence-corrected chi connectivity index (χ4v) is 3.49. The molecule has 0 spiro atoms. The molecule has 100 valence electrons. The smallest absolute Gasteiger partial charge is 0.256 e. The van der Waals surface area contributed by atoms with Gasteiger partial charge in [0.1, 0.15) is 5.66 Å². The van der Waals surface area contributed by atoms with Crippen LogP contribution in [0.2, 0.25) is 0 Å². The second kappa shape index (κ2) is 4.18. The Kier molecular flexibility index (Phi) is 2.44. The molecule has 3 heteroatoms. The molecular formula is C17H16N2O. The van der Waals surface area contributed by atoms with Gasteiger partial charge in [-0.3, -0.25) is 10.1 Å². The van der Waals surface area contributed by atoms with Gasteiger partial charge in [0.2, 0.25) is 0 Å². The van der Waals surface area contributed by atoms with E-state index in [2.05, 4.69) is 23.5 Å². The number of rotatable bonds is 1. The molecule has 1 N–H and O–H groups in total. The molecule has 1 saturated heterocycles. The summed E-state index contributed by atoms with van der Waals surface area (Å²) in [5.41, 5.74) is 2.56. The third-order valence-electron chi connectivity index (χ3n) is 4.33. The molecule has 2 heterocycles. The van der Waals surface area contributed by atoms with Gasteiger partial charge < -0.3 is 4.90 Å². The van der Waals surface area contributed by atoms with Gasteiger partial charge in [-0.2, -0.15) is 0 Å². The molecule has 0 aliphatic carbocycles. The Morgan fingerprint density at radius 3 is 2.60 bits per heavy atom. The highest BCUT2D eigenvalue weighted by Crippen LogP contribution is 2.43. The van der Waals surface area contributed by atoms with Crippen LogP contribution in [0.4, 0.5) is 0 Å². The summed E-state index contributed by atoms with van der Waals surface area (Å²) in [5, 5.41) is 3.60. The van der Waals surface area contributed by atoms with E-state index in [-0.39, 0.29) is 5.91 Å². The monoisotopic (exact) mass is 264 g/mol. The summed E-state index contributed by atoms with van der Waals surface area (Å²) in [7, 11) is 0. The SMILES string of the molecule is O=C1c2ccccc2[C@@]2(c3ccccc3)NCCCN12. The lowest BCUT2D eigenvalue weighted by Crippen LogP contribution is -2.59. The molecule has 0 radical (unpaired) electrons. The van der Waals surface area contributed by atoms with Crippen molar-refractivity contribution >= 4 is 5.91 Å². The van der Waals surface area contributed by atoms with E-state index in [9.17, 15) is 4.79 Å². The quantitative estimate of drug-likeness (QED) is 0.857. The minimum Gasteiger partial charge on any atom is -0.312 e. The van der Waals surface area contributed by atoms with E-state index in [1.165, 1.54) is 0 Å². The average molecular weight is 264 g/mol. The van der Waals surface area contributed by atoms with Crippen molar-refractivity contribution in [2.75, 3.05) is 13.1 Å². The van der Waals surface area contributed by atoms with Crippen LogP contribution < -0.4 is 5.32 Å². The Bertz CT molecular complexity index is 668. The molecule has 1 amide bonds. The van der Waals surface area contributed by atoms with E-state index in [1.807, 2.05) is 41.3 Å². The maximum atomic E-state index is 12.7. The fourth-order valence-electron chi connectivity index (χ4n) is 3.49. The Morgan fingerprint density at radius 1 is 1.00 bits per heavy atom. The first-order valence-electron chi connectivity index (χ1n) is 7.06. The molecule has 20 heavy (non-hydrogen) atoms. The molecule has 2 aliphatic rings. The molecule has 0 bridgehead atoms. The average Bonchev–Trinajstić information content (AvgIpc) is 2.80. The van der Waals surface area contributed by atoms with Gasteiger partial charge in [0.05, 0.1) is 0 Å². The van der Waals surface area contributed by atoms with Crippen molar-refractivity contribution in [2.24, 2.45) is 0 Å². The Labute approximate surface area is 118 Å². The lowest BCUT2D eigenvalue weighted by atomic mass is 9.89. The third kappa shape index (κ3) is 1.36. The lowest BCUT2D eigenvalue weighted by molar-refractivity contribution is 0.0457. The van der Waals surface area contributed by atoms with Crippen LogP contribution in [0.5, 0.6) is 0 Å². The van der Waals surface area contributed by atoms with Gasteiger partial charge in [0.25, 0.3) is 5.91 Å². The topological polar surface area (TPSA) is 32.3 Å². The van der Waals surface area contributed by atoms with Crippen LogP contribution in [0.15, 0.2) is 54.6 Å². The molecule has 4 rings (SSSR count). The van der Waals surface area contributed by atoms with Gasteiger partial charge in [-0.25, -0.2) is 0 Å². The number of hydrogen-bond acceptors (Lipinski definition) is 2. The second-order valence-electron chi connectivity index (χ2n) is 5.36. The number of hydrogen-bond donors (Lipinski definition) is 1. The van der Waals surface area contributed by atoms with Crippen molar-refractivity contribution < 1.29 is 4.79 Å². The first kappa shape index (κ1) is 11.7. The number of carbonyl (C=O) groups is 1. The standard InChI is InChI=1S/C17H16N2O/c20-16-14-9-4-5-10-15(14)17(13-7-2-1-3-8-13)18-11-6-12-19(16)17/h1-5,7-10,18H,6,11-12H2/t17-/m0/s1. The maximum absolute atomic E-state index is 12.7. The molecular weight excluding hydrogens is 248 g/mol. The van der Waals surface area contributed by atoms with Crippen molar-refractivity contribution in [3.63, 3.8) is 0 Å². The Hall–Kier alpha value is -2.13. The van der Waals surface area contributed by atoms with E-state index < -0.39 is 5.66 Å². The first-order valence-corrected chi connectivity index (χ1v) is 7.06. The maximum Gasteiger partial charge on any atom is 0.256 e. The minimum absolute atomic E-state index is 0.136. The summed E-state index contributed by atoms with van der Waals surface area (Å²) in [6.45, 7) is 1.72. The Morgan fingerprint density at radius 2 is 1.75 bits per heavy atom. The van der Waals surface area contributed by atoms with E-state index in [4.69, 9.17) is 0 Å². The highest BCUT2D eigenvalue weighted by Gasteiger charge is 2.51. The predicted octanol–water partition coefficient (Wildman–Crippen LogP) is 2.34. The zero-order chi connectivity index (χ0) is 13.6. The number of carbonyl (C=O) groups excluding carboxylic acids is 1. The van der Waals surface area contributed by atoms with Gasteiger partial charge in [0.15, 0.2) is 0 Å². The predicted molar refractivity (Wildman–Crippen MR) is 77.3 cm³/mol. The molecule has 1 atom stereocenters. The second-order valence-corrected chi connectivity index (χ2v) is 5.36. The zero-order valence-corrected chi connectivity index (χ0v) is 11.2. The normalized spacial score (nSPS) is 24.4. The summed E-state index contributed by atoms with van der Waals surface area (Å²) in [5.74, 6) is 0.136.